The number of fused-ring (bicyclic) bond motifs is 1. The van der Waals surface area contributed by atoms with Gasteiger partial charge in [0.05, 0.1) is 11.6 Å². The van der Waals surface area contributed by atoms with E-state index in [1.807, 2.05) is 0 Å². The number of esters is 1. The van der Waals surface area contributed by atoms with Crippen molar-refractivity contribution in [1.82, 2.24) is 0 Å². The molecule has 2 atom stereocenters. The van der Waals surface area contributed by atoms with Crippen LogP contribution in [-0.4, -0.2) is 45.2 Å². The molecule has 0 aromatic heterocycles. The Labute approximate surface area is 158 Å². The van der Waals surface area contributed by atoms with Crippen molar-refractivity contribution in [3.63, 3.8) is 0 Å². The van der Waals surface area contributed by atoms with E-state index in [1.54, 1.807) is 25.7 Å². The molecule has 2 unspecified atom stereocenters. The van der Waals surface area contributed by atoms with Crippen LogP contribution in [0.25, 0.3) is 0 Å². The van der Waals surface area contributed by atoms with Crippen LogP contribution in [0.4, 0.5) is 11.4 Å². The molecule has 0 spiro atoms. The standard InChI is InChI=1S/C17H27N2O7P/c1-11(25-16(22)17(2,3)4)26-27(23,24-5)10-9-19-8-6-7-18-12-13(19)15(21)14(12)20/h11,18H,6-10H2,1-5H3. The molecule has 152 valence electrons. The molecule has 1 aliphatic heterocycles. The molecule has 1 aromatic rings. The second kappa shape index (κ2) is 8.12. The van der Waals surface area contributed by atoms with Gasteiger partial charge in [-0.05, 0) is 34.1 Å². The highest BCUT2D eigenvalue weighted by molar-refractivity contribution is 7.53. The van der Waals surface area contributed by atoms with Gasteiger partial charge in [-0.25, -0.2) is 0 Å². The first-order valence-electron chi connectivity index (χ1n) is 8.85. The van der Waals surface area contributed by atoms with Gasteiger partial charge in [-0.1, -0.05) is 0 Å². The molecular weight excluding hydrogens is 375 g/mol. The van der Waals surface area contributed by atoms with Crippen molar-refractivity contribution < 1.29 is 23.1 Å². The Morgan fingerprint density at radius 1 is 1.30 bits per heavy atom. The summed E-state index contributed by atoms with van der Waals surface area (Å²) < 4.78 is 28.5. The molecule has 0 saturated carbocycles. The normalized spacial score (nSPS) is 18.2. The van der Waals surface area contributed by atoms with Gasteiger partial charge < -0.3 is 19.5 Å². The van der Waals surface area contributed by atoms with Crippen LogP contribution in [0.5, 0.6) is 0 Å². The van der Waals surface area contributed by atoms with E-state index in [0.717, 1.165) is 6.42 Å². The Balaban J connectivity index is 2.01. The third-order valence-electron chi connectivity index (χ3n) is 4.22. The number of carbonyl (C=O) groups is 1. The number of rotatable bonds is 7. The van der Waals surface area contributed by atoms with Crippen LogP contribution in [0.1, 0.15) is 34.1 Å². The summed E-state index contributed by atoms with van der Waals surface area (Å²) in [6.45, 7) is 7.93. The minimum Gasteiger partial charge on any atom is -0.435 e. The van der Waals surface area contributed by atoms with Crippen molar-refractivity contribution in [2.45, 2.75) is 40.4 Å². The Bertz CT molecular complexity index is 807. The van der Waals surface area contributed by atoms with Gasteiger partial charge in [0.2, 0.25) is 6.29 Å². The van der Waals surface area contributed by atoms with Gasteiger partial charge >= 0.3 is 13.6 Å². The number of nitrogens with one attached hydrogen (secondary N) is 1. The number of ether oxygens (including phenoxy) is 1. The highest BCUT2D eigenvalue weighted by Gasteiger charge is 2.33. The van der Waals surface area contributed by atoms with Crippen molar-refractivity contribution in [1.29, 1.82) is 0 Å². The van der Waals surface area contributed by atoms with E-state index >= 15 is 0 Å². The molecule has 0 fully saturated rings. The first-order chi connectivity index (χ1) is 12.5. The van der Waals surface area contributed by atoms with Gasteiger partial charge in [-0.2, -0.15) is 0 Å². The van der Waals surface area contributed by atoms with Gasteiger partial charge in [0.1, 0.15) is 11.4 Å². The van der Waals surface area contributed by atoms with Crippen molar-refractivity contribution in [3.8, 4) is 0 Å². The Morgan fingerprint density at radius 2 is 1.96 bits per heavy atom. The molecule has 0 saturated heterocycles. The summed E-state index contributed by atoms with van der Waals surface area (Å²) >= 11 is 0. The van der Waals surface area contributed by atoms with E-state index in [1.165, 1.54) is 14.0 Å². The monoisotopic (exact) mass is 402 g/mol. The van der Waals surface area contributed by atoms with Crippen LogP contribution in [-0.2, 0) is 23.1 Å². The van der Waals surface area contributed by atoms with Crippen molar-refractivity contribution in [2.75, 3.05) is 43.1 Å². The molecule has 0 radical (unpaired) electrons. The smallest absolute Gasteiger partial charge is 0.335 e. The summed E-state index contributed by atoms with van der Waals surface area (Å²) in [5.74, 6) is -0.482. The van der Waals surface area contributed by atoms with Crippen LogP contribution in [0.2, 0.25) is 0 Å². The zero-order valence-electron chi connectivity index (χ0n) is 16.4. The highest BCUT2D eigenvalue weighted by atomic mass is 31.2. The quantitative estimate of drug-likeness (QED) is 0.315. The predicted octanol–water partition coefficient (Wildman–Crippen LogP) is 1.70. The fraction of sp³-hybridized carbons (Fsp3) is 0.706. The number of nitrogens with zero attached hydrogens (tertiary/aromatic N) is 1. The topological polar surface area (TPSA) is 111 Å². The van der Waals surface area contributed by atoms with Crippen LogP contribution in [0.15, 0.2) is 9.59 Å². The molecule has 9 nitrogen and oxygen atoms in total. The van der Waals surface area contributed by atoms with E-state index in [-0.39, 0.29) is 12.7 Å². The first-order valence-corrected chi connectivity index (χ1v) is 10.6. The first kappa shape index (κ1) is 21.6. The van der Waals surface area contributed by atoms with Gasteiger partial charge in [0.15, 0.2) is 0 Å². The second-order valence-corrected chi connectivity index (χ2v) is 9.74. The number of hydrogen-bond acceptors (Lipinski definition) is 9. The minimum absolute atomic E-state index is 0.0147. The van der Waals surface area contributed by atoms with E-state index < -0.39 is 36.1 Å². The third-order valence-corrected chi connectivity index (χ3v) is 6.15. The molecule has 27 heavy (non-hydrogen) atoms. The largest absolute Gasteiger partial charge is 0.435 e. The fourth-order valence-electron chi connectivity index (χ4n) is 2.67. The lowest BCUT2D eigenvalue weighted by Crippen LogP contribution is -2.42. The molecule has 1 N–H and O–H groups in total. The number of anilines is 2. The summed E-state index contributed by atoms with van der Waals surface area (Å²) in [5, 5.41) is 2.95. The zero-order chi connectivity index (χ0) is 20.4. The summed E-state index contributed by atoms with van der Waals surface area (Å²) in [6.07, 6.45) is -0.334. The van der Waals surface area contributed by atoms with Crippen LogP contribution < -0.4 is 21.1 Å². The third kappa shape index (κ3) is 4.97. The summed E-state index contributed by atoms with van der Waals surface area (Å²) in [5.41, 5.74) is -1.13. The molecule has 1 heterocycles. The highest BCUT2D eigenvalue weighted by Crippen LogP contribution is 2.48. The molecule has 2 rings (SSSR count). The van der Waals surface area contributed by atoms with Gasteiger partial charge in [-0.3, -0.25) is 23.5 Å². The van der Waals surface area contributed by atoms with Crippen molar-refractivity contribution in [3.05, 3.63) is 20.4 Å². The zero-order valence-corrected chi connectivity index (χ0v) is 17.3. The maximum atomic E-state index is 12.9. The van der Waals surface area contributed by atoms with Crippen LogP contribution in [0.3, 0.4) is 0 Å². The lowest BCUT2D eigenvalue weighted by molar-refractivity contribution is -0.171. The Hall–Kier alpha value is -1.70. The van der Waals surface area contributed by atoms with E-state index in [0.29, 0.717) is 24.5 Å². The number of hydrogen-bond donors (Lipinski definition) is 1. The summed E-state index contributed by atoms with van der Waals surface area (Å²) in [6, 6.07) is 0. The van der Waals surface area contributed by atoms with E-state index in [4.69, 9.17) is 13.8 Å². The SMILES string of the molecule is COP(=O)(CCN1CCCNc2c1c(=O)c2=O)OC(C)OC(=O)C(C)(C)C. The summed E-state index contributed by atoms with van der Waals surface area (Å²) in [4.78, 5) is 37.1. The molecule has 0 amide bonds. The average Bonchev–Trinajstić information content (AvgIpc) is 2.78. The van der Waals surface area contributed by atoms with E-state index in [2.05, 4.69) is 5.32 Å². The molecule has 10 heteroatoms. The van der Waals surface area contributed by atoms with Crippen LogP contribution in [0, 0.1) is 5.41 Å². The molecule has 1 aromatic carbocycles. The molecular formula is C17H27N2O7P. The Morgan fingerprint density at radius 3 is 2.56 bits per heavy atom. The molecule has 0 bridgehead atoms. The van der Waals surface area contributed by atoms with E-state index in [9.17, 15) is 18.9 Å². The minimum atomic E-state index is -3.56. The lowest BCUT2D eigenvalue weighted by atomic mass is 9.97. The predicted molar refractivity (Wildman–Crippen MR) is 102 cm³/mol. The maximum Gasteiger partial charge on any atom is 0.335 e. The lowest BCUT2D eigenvalue weighted by Gasteiger charge is -2.28. The number of carbonyl (C=O) groups excluding carboxylic acids is 1. The molecule has 0 aliphatic carbocycles. The average molecular weight is 402 g/mol. The maximum absolute atomic E-state index is 12.9. The second-order valence-electron chi connectivity index (χ2n) is 7.49. The fourth-order valence-corrected chi connectivity index (χ4v) is 4.03. The van der Waals surface area contributed by atoms with Gasteiger partial charge in [0, 0.05) is 26.7 Å². The van der Waals surface area contributed by atoms with Gasteiger partial charge in [0.25, 0.3) is 10.9 Å². The van der Waals surface area contributed by atoms with Crippen molar-refractivity contribution >= 4 is 24.9 Å². The summed E-state index contributed by atoms with van der Waals surface area (Å²) in [7, 11) is -2.31. The van der Waals surface area contributed by atoms with Gasteiger partial charge in [-0.15, -0.1) is 0 Å². The molecule has 1 aliphatic rings. The Kier molecular flexibility index (Phi) is 6.50. The van der Waals surface area contributed by atoms with Crippen LogP contribution >= 0.6 is 7.60 Å². The van der Waals surface area contributed by atoms with Crippen molar-refractivity contribution in [2.24, 2.45) is 5.41 Å².